The van der Waals surface area contributed by atoms with Gasteiger partial charge >= 0.3 is 6.09 Å². The van der Waals surface area contributed by atoms with Gasteiger partial charge in [0.05, 0.1) is 30.0 Å². The molecule has 2 saturated heterocycles. The highest BCUT2D eigenvalue weighted by Crippen LogP contribution is 2.53. The van der Waals surface area contributed by atoms with Gasteiger partial charge in [0.1, 0.15) is 5.82 Å². The normalized spacial score (nSPS) is 24.4. The quantitative estimate of drug-likeness (QED) is 0.561. The van der Waals surface area contributed by atoms with Gasteiger partial charge in [0.25, 0.3) is 0 Å². The summed E-state index contributed by atoms with van der Waals surface area (Å²) in [5, 5.41) is 9.86. The number of morpholine rings is 1. The number of benzene rings is 1. The van der Waals surface area contributed by atoms with E-state index in [4.69, 9.17) is 4.74 Å². The van der Waals surface area contributed by atoms with Crippen LogP contribution in [0.15, 0.2) is 47.5 Å². The van der Waals surface area contributed by atoms with Crippen LogP contribution in [0.3, 0.4) is 0 Å². The zero-order valence-electron chi connectivity index (χ0n) is 23.1. The van der Waals surface area contributed by atoms with Crippen LogP contribution < -0.4 is 9.80 Å². The van der Waals surface area contributed by atoms with Gasteiger partial charge in [-0.25, -0.2) is 18.2 Å². The van der Waals surface area contributed by atoms with Crippen LogP contribution in [-0.4, -0.2) is 74.8 Å². The van der Waals surface area contributed by atoms with Crippen LogP contribution >= 0.6 is 0 Å². The SMILES string of the molecule is C1CC1.CC(C)(C)c1ccc(S(=O)(=O)N2CC3C(CN(C(=O)O)c4ccc(N5CCOCC5)nc4)C3C2)cc1. The van der Waals surface area contributed by atoms with E-state index in [2.05, 4.69) is 30.7 Å². The van der Waals surface area contributed by atoms with Gasteiger partial charge in [0.15, 0.2) is 0 Å². The largest absolute Gasteiger partial charge is 0.465 e. The number of piperidine rings is 1. The van der Waals surface area contributed by atoms with Gasteiger partial charge in [-0.1, -0.05) is 52.2 Å². The van der Waals surface area contributed by atoms with Crippen LogP contribution in [-0.2, 0) is 20.2 Å². The van der Waals surface area contributed by atoms with Crippen molar-refractivity contribution >= 4 is 27.6 Å². The van der Waals surface area contributed by atoms with Gasteiger partial charge in [0, 0.05) is 32.7 Å². The van der Waals surface area contributed by atoms with Gasteiger partial charge in [-0.2, -0.15) is 4.31 Å². The summed E-state index contributed by atoms with van der Waals surface area (Å²) in [6, 6.07) is 10.8. The Labute approximate surface area is 231 Å². The number of hydrogen-bond acceptors (Lipinski definition) is 6. The summed E-state index contributed by atoms with van der Waals surface area (Å²) in [6.45, 7) is 10.3. The minimum atomic E-state index is -3.56. The summed E-state index contributed by atoms with van der Waals surface area (Å²) in [6.07, 6.45) is 5.08. The Balaban J connectivity index is 0.000000962. The third kappa shape index (κ3) is 6.39. The van der Waals surface area contributed by atoms with E-state index in [1.807, 2.05) is 18.2 Å². The lowest BCUT2D eigenvalue weighted by molar-refractivity contribution is 0.122. The van der Waals surface area contributed by atoms with Gasteiger partial charge < -0.3 is 14.7 Å². The molecule has 2 aliphatic heterocycles. The molecule has 1 amide bonds. The second-order valence-corrected chi connectivity index (χ2v) is 14.0. The van der Waals surface area contributed by atoms with Gasteiger partial charge in [0.2, 0.25) is 10.0 Å². The number of nitrogens with zero attached hydrogens (tertiary/aromatic N) is 4. The Morgan fingerprint density at radius 3 is 2.13 bits per heavy atom. The van der Waals surface area contributed by atoms with Crippen LogP contribution in [0.5, 0.6) is 0 Å². The van der Waals surface area contributed by atoms with E-state index in [9.17, 15) is 18.3 Å². The van der Waals surface area contributed by atoms with Crippen LogP contribution in [0.1, 0.15) is 45.6 Å². The Bertz CT molecular complexity index is 1240. The molecule has 0 spiro atoms. The van der Waals surface area contributed by atoms with Crippen LogP contribution in [0.25, 0.3) is 0 Å². The number of hydrogen-bond donors (Lipinski definition) is 1. The number of pyridine rings is 1. The molecule has 1 aromatic heterocycles. The number of rotatable bonds is 6. The maximum atomic E-state index is 13.2. The summed E-state index contributed by atoms with van der Waals surface area (Å²) in [5.41, 5.74) is 1.58. The van der Waals surface area contributed by atoms with E-state index >= 15 is 0 Å². The molecule has 2 unspecified atom stereocenters. The minimum Gasteiger partial charge on any atom is -0.465 e. The molecular formula is C29H40N4O5S. The average Bonchev–Trinajstić information content (AvgIpc) is 3.86. The fourth-order valence-corrected chi connectivity index (χ4v) is 6.89. The number of aromatic nitrogens is 1. The number of fused-ring (bicyclic) bond motifs is 1. The Morgan fingerprint density at radius 1 is 1.03 bits per heavy atom. The topological polar surface area (TPSA) is 103 Å². The Hall–Kier alpha value is -2.69. The maximum absolute atomic E-state index is 13.2. The number of ether oxygens (including phenoxy) is 1. The Morgan fingerprint density at radius 2 is 1.64 bits per heavy atom. The van der Waals surface area contributed by atoms with Crippen LogP contribution in [0.4, 0.5) is 16.3 Å². The molecule has 4 fully saturated rings. The Kier molecular flexibility index (Phi) is 7.90. The van der Waals surface area contributed by atoms with E-state index in [1.165, 1.54) is 24.2 Å². The highest BCUT2D eigenvalue weighted by atomic mass is 32.2. The molecule has 3 heterocycles. The van der Waals surface area contributed by atoms with Gasteiger partial charge in [-0.05, 0) is 53.0 Å². The number of carboxylic acid groups (broad SMARTS) is 1. The van der Waals surface area contributed by atoms with Crippen molar-refractivity contribution in [1.82, 2.24) is 9.29 Å². The van der Waals surface area contributed by atoms with Crippen molar-refractivity contribution in [3.05, 3.63) is 48.2 Å². The molecule has 4 aliphatic rings. The fraction of sp³-hybridized carbons (Fsp3) is 0.586. The maximum Gasteiger partial charge on any atom is 0.411 e. The van der Waals surface area contributed by atoms with E-state index in [-0.39, 0.29) is 23.2 Å². The van der Waals surface area contributed by atoms with Crippen molar-refractivity contribution in [2.75, 3.05) is 55.7 Å². The molecule has 2 aromatic rings. The van der Waals surface area contributed by atoms with Crippen molar-refractivity contribution < 1.29 is 23.1 Å². The second kappa shape index (κ2) is 11.1. The van der Waals surface area contributed by atoms with E-state index < -0.39 is 16.1 Å². The smallest absolute Gasteiger partial charge is 0.411 e. The minimum absolute atomic E-state index is 0.0425. The molecule has 10 heteroatoms. The molecule has 1 N–H and O–H groups in total. The van der Waals surface area contributed by atoms with Crippen LogP contribution in [0, 0.1) is 17.8 Å². The van der Waals surface area contributed by atoms with Crippen molar-refractivity contribution in [3.8, 4) is 0 Å². The first kappa shape index (κ1) is 27.9. The predicted molar refractivity (Wildman–Crippen MR) is 151 cm³/mol. The van der Waals surface area contributed by atoms with E-state index in [1.54, 1.807) is 28.7 Å². The van der Waals surface area contributed by atoms with E-state index in [0.717, 1.165) is 24.5 Å². The third-order valence-corrected chi connectivity index (χ3v) is 9.90. The lowest BCUT2D eigenvalue weighted by Crippen LogP contribution is -2.37. The number of sulfonamides is 1. The lowest BCUT2D eigenvalue weighted by Gasteiger charge is -2.28. The van der Waals surface area contributed by atoms with Gasteiger partial charge in [-0.15, -0.1) is 0 Å². The number of anilines is 2. The number of carbonyl (C=O) groups is 1. The van der Waals surface area contributed by atoms with Gasteiger partial charge in [-0.3, -0.25) is 4.90 Å². The monoisotopic (exact) mass is 556 g/mol. The van der Waals surface area contributed by atoms with E-state index in [0.29, 0.717) is 43.4 Å². The molecule has 2 atom stereocenters. The summed E-state index contributed by atoms with van der Waals surface area (Å²) in [7, 11) is -3.56. The third-order valence-electron chi connectivity index (χ3n) is 8.05. The molecule has 212 valence electrons. The highest BCUT2D eigenvalue weighted by molar-refractivity contribution is 7.89. The first-order chi connectivity index (χ1) is 18.6. The molecule has 39 heavy (non-hydrogen) atoms. The molecule has 9 nitrogen and oxygen atoms in total. The molecular weight excluding hydrogens is 516 g/mol. The number of amides is 1. The molecule has 6 rings (SSSR count). The second-order valence-electron chi connectivity index (χ2n) is 12.0. The molecule has 0 bridgehead atoms. The lowest BCUT2D eigenvalue weighted by atomic mass is 9.87. The predicted octanol–water partition coefficient (Wildman–Crippen LogP) is 4.44. The summed E-state index contributed by atoms with van der Waals surface area (Å²) < 4.78 is 33.3. The fourth-order valence-electron chi connectivity index (χ4n) is 5.38. The van der Waals surface area contributed by atoms with Crippen LogP contribution in [0.2, 0.25) is 0 Å². The standard InChI is InChI=1S/C26H34N4O5S.C3H6/c1-26(2,3)18-4-7-20(8-5-18)36(33,34)29-15-21-22(16-29)23(21)17-30(25(31)32)19-6-9-24(27-14-19)28-10-12-35-13-11-28;1-2-3-1/h4-9,14,21-23H,10-13,15-17H2,1-3H3,(H,31,32);1-3H2. The summed E-state index contributed by atoms with van der Waals surface area (Å²) in [4.78, 5) is 20.3. The molecule has 1 aromatic carbocycles. The first-order valence-electron chi connectivity index (χ1n) is 14.0. The van der Waals surface area contributed by atoms with Crippen molar-refractivity contribution in [1.29, 1.82) is 0 Å². The molecule has 2 aliphatic carbocycles. The van der Waals surface area contributed by atoms with Crippen molar-refractivity contribution in [3.63, 3.8) is 0 Å². The molecule has 2 saturated carbocycles. The highest BCUT2D eigenvalue weighted by Gasteiger charge is 2.58. The average molecular weight is 557 g/mol. The summed E-state index contributed by atoms with van der Waals surface area (Å²) >= 11 is 0. The molecule has 0 radical (unpaired) electrons. The van der Waals surface area contributed by atoms with Crippen molar-refractivity contribution in [2.45, 2.75) is 50.3 Å². The summed E-state index contributed by atoms with van der Waals surface area (Å²) in [5.74, 6) is 1.31. The van der Waals surface area contributed by atoms with Crippen molar-refractivity contribution in [2.24, 2.45) is 17.8 Å². The zero-order valence-corrected chi connectivity index (χ0v) is 23.9. The zero-order chi connectivity index (χ0) is 27.8. The first-order valence-corrected chi connectivity index (χ1v) is 15.4.